The third kappa shape index (κ3) is 3.17. The average molecular weight is 297 g/mol. The molecule has 0 aliphatic rings. The lowest BCUT2D eigenvalue weighted by Gasteiger charge is -2.09. The van der Waals surface area contributed by atoms with Crippen molar-refractivity contribution >= 4 is 11.6 Å². The highest BCUT2D eigenvalue weighted by molar-refractivity contribution is 6.31. The molecular formula is C18H17ClN2. The molecular weight excluding hydrogens is 280 g/mol. The van der Waals surface area contributed by atoms with E-state index in [1.54, 1.807) is 0 Å². The van der Waals surface area contributed by atoms with Crippen LogP contribution < -0.4 is 0 Å². The van der Waals surface area contributed by atoms with Gasteiger partial charge in [-0.1, -0.05) is 54.1 Å². The van der Waals surface area contributed by atoms with Crippen molar-refractivity contribution in [3.8, 4) is 11.1 Å². The van der Waals surface area contributed by atoms with Gasteiger partial charge >= 0.3 is 0 Å². The summed E-state index contributed by atoms with van der Waals surface area (Å²) < 4.78 is 2.14. The van der Waals surface area contributed by atoms with Gasteiger partial charge in [-0.15, -0.1) is 0 Å². The quantitative estimate of drug-likeness (QED) is 0.679. The molecule has 2 aromatic carbocycles. The Balaban J connectivity index is 1.77. The molecule has 0 atom stereocenters. The second kappa shape index (κ2) is 6.15. The predicted molar refractivity (Wildman–Crippen MR) is 87.6 cm³/mol. The summed E-state index contributed by atoms with van der Waals surface area (Å²) in [6, 6.07) is 16.6. The van der Waals surface area contributed by atoms with Crippen molar-refractivity contribution in [1.82, 2.24) is 9.55 Å². The first-order valence-electron chi connectivity index (χ1n) is 7.05. The molecule has 0 spiro atoms. The van der Waals surface area contributed by atoms with Gasteiger partial charge in [0.15, 0.2) is 0 Å². The Morgan fingerprint density at radius 3 is 2.52 bits per heavy atom. The van der Waals surface area contributed by atoms with Gasteiger partial charge in [0.05, 0.1) is 0 Å². The molecule has 1 heterocycles. The first kappa shape index (κ1) is 13.9. The smallest absolute Gasteiger partial charge is 0.105 e. The maximum absolute atomic E-state index is 6.43. The van der Waals surface area contributed by atoms with Crippen molar-refractivity contribution in [1.29, 1.82) is 0 Å². The van der Waals surface area contributed by atoms with Gasteiger partial charge in [0.2, 0.25) is 0 Å². The van der Waals surface area contributed by atoms with Crippen LogP contribution in [0.1, 0.15) is 11.4 Å². The Hall–Kier alpha value is -2.06. The summed E-state index contributed by atoms with van der Waals surface area (Å²) in [5.74, 6) is 1.03. The Labute approximate surface area is 130 Å². The molecule has 0 bridgehead atoms. The second-order valence-electron chi connectivity index (χ2n) is 5.09. The van der Waals surface area contributed by atoms with Gasteiger partial charge in [-0.3, -0.25) is 0 Å². The van der Waals surface area contributed by atoms with Crippen molar-refractivity contribution in [2.75, 3.05) is 0 Å². The summed E-state index contributed by atoms with van der Waals surface area (Å²) >= 11 is 6.43. The maximum atomic E-state index is 6.43. The molecule has 2 nitrogen and oxygen atoms in total. The van der Waals surface area contributed by atoms with E-state index in [0.717, 1.165) is 29.4 Å². The molecule has 1 aromatic heterocycles. The van der Waals surface area contributed by atoms with Gasteiger partial charge in [-0.25, -0.2) is 4.98 Å². The fourth-order valence-electron chi connectivity index (χ4n) is 2.44. The third-order valence-electron chi connectivity index (χ3n) is 3.71. The van der Waals surface area contributed by atoms with Crippen molar-refractivity contribution in [2.45, 2.75) is 19.9 Å². The minimum atomic E-state index is 0.828. The van der Waals surface area contributed by atoms with E-state index in [2.05, 4.69) is 33.8 Å². The van der Waals surface area contributed by atoms with E-state index in [1.165, 1.54) is 11.1 Å². The number of hydrogen-bond donors (Lipinski definition) is 0. The molecule has 106 valence electrons. The number of nitrogens with zero attached hydrogens (tertiary/aromatic N) is 2. The van der Waals surface area contributed by atoms with Crippen molar-refractivity contribution in [2.24, 2.45) is 0 Å². The largest absolute Gasteiger partial charge is 0.335 e. The number of benzene rings is 2. The zero-order chi connectivity index (χ0) is 14.7. The van der Waals surface area contributed by atoms with E-state index in [-0.39, 0.29) is 0 Å². The van der Waals surface area contributed by atoms with Crippen LogP contribution in [0.4, 0.5) is 0 Å². The minimum absolute atomic E-state index is 0.828. The number of imidazole rings is 1. The molecule has 0 amide bonds. The molecule has 0 radical (unpaired) electrons. The third-order valence-corrected chi connectivity index (χ3v) is 4.06. The summed E-state index contributed by atoms with van der Waals surface area (Å²) in [7, 11) is 0. The lowest BCUT2D eigenvalue weighted by molar-refractivity contribution is 0.673. The summed E-state index contributed by atoms with van der Waals surface area (Å²) in [6.45, 7) is 2.91. The van der Waals surface area contributed by atoms with Gasteiger partial charge in [-0.05, 0) is 36.1 Å². The Bertz CT molecular complexity index is 732. The van der Waals surface area contributed by atoms with E-state index in [1.807, 2.05) is 43.6 Å². The predicted octanol–water partition coefficient (Wildman–Crippen LogP) is 4.75. The molecule has 0 saturated heterocycles. The van der Waals surface area contributed by atoms with Crippen molar-refractivity contribution in [3.05, 3.63) is 77.3 Å². The monoisotopic (exact) mass is 296 g/mol. The molecule has 3 rings (SSSR count). The number of aromatic nitrogens is 2. The van der Waals surface area contributed by atoms with E-state index in [0.29, 0.717) is 0 Å². The normalized spacial score (nSPS) is 10.8. The maximum Gasteiger partial charge on any atom is 0.105 e. The van der Waals surface area contributed by atoms with Crippen LogP contribution in [-0.2, 0) is 13.0 Å². The molecule has 3 heteroatoms. The molecule has 0 unspecified atom stereocenters. The Morgan fingerprint density at radius 2 is 1.86 bits per heavy atom. The van der Waals surface area contributed by atoms with Crippen LogP contribution in [0.2, 0.25) is 5.02 Å². The highest BCUT2D eigenvalue weighted by Crippen LogP contribution is 2.26. The number of halogens is 1. The molecule has 21 heavy (non-hydrogen) atoms. The van der Waals surface area contributed by atoms with E-state index in [4.69, 9.17) is 11.6 Å². The van der Waals surface area contributed by atoms with Crippen LogP contribution in [0.15, 0.2) is 60.9 Å². The van der Waals surface area contributed by atoms with Crippen LogP contribution in [0.3, 0.4) is 0 Å². The fraction of sp³-hybridized carbons (Fsp3) is 0.167. The molecule has 0 fully saturated rings. The SMILES string of the molecule is Cc1nccn1CCc1ccc(-c2ccccc2)cc1Cl. The summed E-state index contributed by atoms with van der Waals surface area (Å²) in [6.07, 6.45) is 4.74. The van der Waals surface area contributed by atoms with Crippen molar-refractivity contribution in [3.63, 3.8) is 0 Å². The van der Waals surface area contributed by atoms with E-state index in [9.17, 15) is 0 Å². The standard InChI is InChI=1S/C18H17ClN2/c1-14-20-10-12-21(14)11-9-16-7-8-17(13-18(16)19)15-5-3-2-4-6-15/h2-8,10,12-13H,9,11H2,1H3. The Kier molecular flexibility index (Phi) is 4.07. The van der Waals surface area contributed by atoms with Gasteiger partial charge in [0.25, 0.3) is 0 Å². The summed E-state index contributed by atoms with van der Waals surface area (Å²) in [5.41, 5.74) is 3.52. The van der Waals surface area contributed by atoms with Gasteiger partial charge in [-0.2, -0.15) is 0 Å². The average Bonchev–Trinajstić information content (AvgIpc) is 2.92. The Morgan fingerprint density at radius 1 is 1.05 bits per heavy atom. The van der Waals surface area contributed by atoms with E-state index >= 15 is 0 Å². The number of rotatable bonds is 4. The van der Waals surface area contributed by atoms with Crippen LogP contribution in [-0.4, -0.2) is 9.55 Å². The summed E-state index contributed by atoms with van der Waals surface area (Å²) in [5, 5.41) is 0.828. The zero-order valence-electron chi connectivity index (χ0n) is 12.0. The highest BCUT2D eigenvalue weighted by Gasteiger charge is 2.05. The topological polar surface area (TPSA) is 17.8 Å². The first-order chi connectivity index (χ1) is 10.2. The van der Waals surface area contributed by atoms with Crippen molar-refractivity contribution < 1.29 is 0 Å². The van der Waals surface area contributed by atoms with E-state index < -0.39 is 0 Å². The van der Waals surface area contributed by atoms with Crippen LogP contribution in [0.25, 0.3) is 11.1 Å². The molecule has 0 N–H and O–H groups in total. The fourth-order valence-corrected chi connectivity index (χ4v) is 2.72. The molecule has 0 aliphatic heterocycles. The zero-order valence-corrected chi connectivity index (χ0v) is 12.7. The van der Waals surface area contributed by atoms with Crippen LogP contribution in [0, 0.1) is 6.92 Å². The van der Waals surface area contributed by atoms with Gasteiger partial charge in [0.1, 0.15) is 5.82 Å². The van der Waals surface area contributed by atoms with Gasteiger partial charge < -0.3 is 4.57 Å². The first-order valence-corrected chi connectivity index (χ1v) is 7.43. The number of hydrogen-bond acceptors (Lipinski definition) is 1. The molecule has 0 saturated carbocycles. The summed E-state index contributed by atoms with van der Waals surface area (Å²) in [4.78, 5) is 4.24. The second-order valence-corrected chi connectivity index (χ2v) is 5.50. The lowest BCUT2D eigenvalue weighted by atomic mass is 10.0. The highest BCUT2D eigenvalue weighted by atomic mass is 35.5. The lowest BCUT2D eigenvalue weighted by Crippen LogP contribution is -2.02. The number of aryl methyl sites for hydroxylation is 3. The molecule has 0 aliphatic carbocycles. The van der Waals surface area contributed by atoms with Crippen LogP contribution >= 0.6 is 11.6 Å². The minimum Gasteiger partial charge on any atom is -0.335 e. The van der Waals surface area contributed by atoms with Gasteiger partial charge in [0, 0.05) is 24.0 Å². The molecule has 3 aromatic rings. The van der Waals surface area contributed by atoms with Crippen LogP contribution in [0.5, 0.6) is 0 Å².